The van der Waals surface area contributed by atoms with Crippen molar-refractivity contribution in [2.75, 3.05) is 5.32 Å². The van der Waals surface area contributed by atoms with E-state index in [1.165, 1.54) is 17.8 Å². The third kappa shape index (κ3) is 3.16. The molecule has 2 heterocycles. The topological polar surface area (TPSA) is 83.0 Å². The monoisotopic (exact) mass is 353 g/mol. The maximum absolute atomic E-state index is 13.6. The number of nitrogens with one attached hydrogen (secondary N) is 2. The quantitative estimate of drug-likeness (QED) is 0.705. The molecule has 3 aromatic rings. The minimum atomic E-state index is -0.279. The van der Waals surface area contributed by atoms with Gasteiger partial charge in [0.15, 0.2) is 0 Å². The molecule has 0 saturated carbocycles. The number of benzene rings is 2. The van der Waals surface area contributed by atoms with Gasteiger partial charge >= 0.3 is 0 Å². The molecule has 0 radical (unpaired) electrons. The predicted octanol–water partition coefficient (Wildman–Crippen LogP) is 3.31. The van der Waals surface area contributed by atoms with Crippen molar-refractivity contribution >= 4 is 35.0 Å². The minimum absolute atomic E-state index is 0.234. The van der Waals surface area contributed by atoms with Crippen LogP contribution in [0.5, 0.6) is 0 Å². The molecule has 1 amide bonds. The number of aromatic nitrogens is 3. The van der Waals surface area contributed by atoms with Crippen molar-refractivity contribution in [1.82, 2.24) is 15.2 Å². The van der Waals surface area contributed by atoms with Gasteiger partial charge in [0.2, 0.25) is 11.1 Å². The fourth-order valence-corrected chi connectivity index (χ4v) is 3.21. The zero-order chi connectivity index (χ0) is 17.2. The highest BCUT2D eigenvalue weighted by atomic mass is 32.2. The van der Waals surface area contributed by atoms with E-state index in [4.69, 9.17) is 0 Å². The van der Waals surface area contributed by atoms with Crippen molar-refractivity contribution in [3.63, 3.8) is 0 Å². The van der Waals surface area contributed by atoms with Crippen LogP contribution in [0.25, 0.3) is 0 Å². The molecule has 4 rings (SSSR count). The predicted molar refractivity (Wildman–Crippen MR) is 93.6 cm³/mol. The van der Waals surface area contributed by atoms with Crippen LogP contribution in [0.1, 0.15) is 11.1 Å². The van der Waals surface area contributed by atoms with Crippen molar-refractivity contribution in [1.29, 1.82) is 0 Å². The van der Waals surface area contributed by atoms with Crippen LogP contribution in [0.2, 0.25) is 0 Å². The Kier molecular flexibility index (Phi) is 4.02. The number of amides is 1. The summed E-state index contributed by atoms with van der Waals surface area (Å²) >= 11 is 1.29. The molecule has 124 valence electrons. The molecule has 6 nitrogen and oxygen atoms in total. The third-order valence-corrected chi connectivity index (χ3v) is 4.53. The molecular formula is C17H12FN5OS. The molecule has 0 aliphatic carbocycles. The average Bonchev–Trinajstić information content (AvgIpc) is 3.19. The Hall–Kier alpha value is -3.00. The van der Waals surface area contributed by atoms with Crippen LogP contribution in [0.4, 0.5) is 16.0 Å². The van der Waals surface area contributed by atoms with Crippen molar-refractivity contribution in [3.05, 3.63) is 65.5 Å². The van der Waals surface area contributed by atoms with Gasteiger partial charge in [-0.1, -0.05) is 48.2 Å². The van der Waals surface area contributed by atoms with E-state index < -0.39 is 0 Å². The van der Waals surface area contributed by atoms with Gasteiger partial charge in [-0.15, -0.1) is 5.10 Å². The first-order chi connectivity index (χ1) is 12.2. The second-order valence-electron chi connectivity index (χ2n) is 5.28. The molecule has 0 saturated heterocycles. The summed E-state index contributed by atoms with van der Waals surface area (Å²) in [6, 6.07) is 13.9. The molecule has 2 N–H and O–H groups in total. The van der Waals surface area contributed by atoms with Crippen molar-refractivity contribution < 1.29 is 9.18 Å². The summed E-state index contributed by atoms with van der Waals surface area (Å²) in [5.41, 5.74) is 2.32. The van der Waals surface area contributed by atoms with Crippen LogP contribution in [0.15, 0.2) is 58.7 Å². The number of carbonyl (C=O) groups excluding carboxylic acids is 1. The Morgan fingerprint density at radius 1 is 1.12 bits per heavy atom. The number of fused-ring (bicyclic) bond motifs is 1. The minimum Gasteiger partial charge on any atom is -0.320 e. The number of aromatic amines is 1. The molecule has 0 unspecified atom stereocenters. The Balaban J connectivity index is 1.52. The summed E-state index contributed by atoms with van der Waals surface area (Å²) < 4.78 is 13.6. The Morgan fingerprint density at radius 2 is 1.92 bits per heavy atom. The van der Waals surface area contributed by atoms with Crippen LogP contribution >= 0.6 is 11.8 Å². The molecule has 2 aromatic carbocycles. The first-order valence-corrected chi connectivity index (χ1v) is 8.47. The maximum atomic E-state index is 13.6. The maximum Gasteiger partial charge on any atom is 0.275 e. The highest BCUT2D eigenvalue weighted by Gasteiger charge is 2.25. The number of anilines is 1. The van der Waals surface area contributed by atoms with Gasteiger partial charge < -0.3 is 5.32 Å². The van der Waals surface area contributed by atoms with Gasteiger partial charge in [0.25, 0.3) is 5.91 Å². The molecule has 25 heavy (non-hydrogen) atoms. The van der Waals surface area contributed by atoms with Crippen LogP contribution < -0.4 is 5.32 Å². The fraction of sp³-hybridized carbons (Fsp3) is 0.0588. The van der Waals surface area contributed by atoms with Gasteiger partial charge in [-0.05, 0) is 17.7 Å². The van der Waals surface area contributed by atoms with Crippen LogP contribution in [0.3, 0.4) is 0 Å². The highest BCUT2D eigenvalue weighted by molar-refractivity contribution is 7.98. The smallest absolute Gasteiger partial charge is 0.275 e. The normalized spacial score (nSPS) is 14.6. The number of halogens is 1. The van der Waals surface area contributed by atoms with E-state index in [-0.39, 0.29) is 23.4 Å². The van der Waals surface area contributed by atoms with E-state index in [2.05, 4.69) is 25.5 Å². The number of aliphatic imine (C=N–C) groups is 1. The van der Waals surface area contributed by atoms with Gasteiger partial charge in [-0.2, -0.15) is 4.98 Å². The van der Waals surface area contributed by atoms with Gasteiger partial charge in [0.1, 0.15) is 11.5 Å². The number of thioether (sulfide) groups is 1. The molecular weight excluding hydrogens is 341 g/mol. The molecule has 1 aliphatic heterocycles. The summed E-state index contributed by atoms with van der Waals surface area (Å²) in [5, 5.41) is 9.93. The number of nitrogens with zero attached hydrogens (tertiary/aromatic N) is 3. The second kappa shape index (κ2) is 6.48. The lowest BCUT2D eigenvalue weighted by Gasteiger charge is -1.99. The summed E-state index contributed by atoms with van der Waals surface area (Å²) in [6.07, 6.45) is 0. The largest absolute Gasteiger partial charge is 0.320 e. The summed E-state index contributed by atoms with van der Waals surface area (Å²) in [5.74, 6) is 0.102. The van der Waals surface area contributed by atoms with E-state index >= 15 is 0 Å². The van der Waals surface area contributed by atoms with E-state index in [9.17, 15) is 9.18 Å². The molecule has 0 spiro atoms. The standard InChI is InChI=1S/C17H12FN5OS/c18-12-7-3-1-5-10(12)9-25-17-21-16(22-23-17)20-14-11-6-2-4-8-13(11)19-15(14)24/h1-8H,9H2,(H2,19,20,21,22,23,24). The SMILES string of the molecule is O=C1Nc2ccccc2/C1=N/c1nc(SCc2ccccc2F)n[nH]1. The Morgan fingerprint density at radius 3 is 2.80 bits per heavy atom. The van der Waals surface area contributed by atoms with Crippen molar-refractivity contribution in [2.24, 2.45) is 4.99 Å². The van der Waals surface area contributed by atoms with E-state index in [1.807, 2.05) is 24.3 Å². The molecule has 1 aliphatic rings. The van der Waals surface area contributed by atoms with Crippen LogP contribution in [-0.2, 0) is 10.5 Å². The molecule has 0 fully saturated rings. The number of carbonyl (C=O) groups is 1. The molecule has 0 atom stereocenters. The van der Waals surface area contributed by atoms with E-state index in [1.54, 1.807) is 18.2 Å². The Labute approximate surface area is 146 Å². The van der Waals surface area contributed by atoms with E-state index in [0.29, 0.717) is 16.5 Å². The molecule has 8 heteroatoms. The molecule has 0 bridgehead atoms. The number of hydrogen-bond acceptors (Lipinski definition) is 5. The number of H-pyrrole nitrogens is 1. The summed E-state index contributed by atoms with van der Waals surface area (Å²) in [7, 11) is 0. The highest BCUT2D eigenvalue weighted by Crippen LogP contribution is 2.26. The van der Waals surface area contributed by atoms with Crippen LogP contribution in [0, 0.1) is 5.82 Å². The van der Waals surface area contributed by atoms with Crippen molar-refractivity contribution in [2.45, 2.75) is 10.9 Å². The first kappa shape index (κ1) is 15.5. The third-order valence-electron chi connectivity index (χ3n) is 3.63. The lowest BCUT2D eigenvalue weighted by molar-refractivity contribution is -0.110. The van der Waals surface area contributed by atoms with Gasteiger partial charge in [-0.3, -0.25) is 4.79 Å². The summed E-state index contributed by atoms with van der Waals surface area (Å²) in [6.45, 7) is 0. The second-order valence-corrected chi connectivity index (χ2v) is 6.22. The fourth-order valence-electron chi connectivity index (χ4n) is 2.43. The lowest BCUT2D eigenvalue weighted by Crippen LogP contribution is -2.14. The zero-order valence-electron chi connectivity index (χ0n) is 12.9. The first-order valence-electron chi connectivity index (χ1n) is 7.49. The number of hydrogen-bond donors (Lipinski definition) is 2. The van der Waals surface area contributed by atoms with Gasteiger partial charge in [0.05, 0.1) is 5.69 Å². The average molecular weight is 353 g/mol. The molecule has 1 aromatic heterocycles. The zero-order valence-corrected chi connectivity index (χ0v) is 13.7. The number of para-hydroxylation sites is 1. The number of rotatable bonds is 4. The lowest BCUT2D eigenvalue weighted by atomic mass is 10.1. The van der Waals surface area contributed by atoms with Gasteiger partial charge in [0, 0.05) is 11.3 Å². The van der Waals surface area contributed by atoms with Crippen molar-refractivity contribution in [3.8, 4) is 0 Å². The van der Waals surface area contributed by atoms with Gasteiger partial charge in [-0.25, -0.2) is 14.5 Å². The Bertz CT molecular complexity index is 984. The van der Waals surface area contributed by atoms with Crippen LogP contribution in [-0.4, -0.2) is 26.8 Å². The summed E-state index contributed by atoms with van der Waals surface area (Å²) in [4.78, 5) is 20.5. The van der Waals surface area contributed by atoms with E-state index in [0.717, 1.165) is 11.3 Å².